The third kappa shape index (κ3) is 2.53. The molecule has 2 N–H and O–H groups in total. The van der Waals surface area contributed by atoms with Crippen LogP contribution in [-0.2, 0) is 0 Å². The van der Waals surface area contributed by atoms with Crippen molar-refractivity contribution in [1.29, 1.82) is 0 Å². The molecule has 0 aliphatic carbocycles. The van der Waals surface area contributed by atoms with Gasteiger partial charge in [0.2, 0.25) is 11.7 Å². The van der Waals surface area contributed by atoms with Gasteiger partial charge in [0.1, 0.15) is 11.5 Å². The smallest absolute Gasteiger partial charge is 0.231 e. The van der Waals surface area contributed by atoms with E-state index in [9.17, 15) is 4.39 Å². The molecule has 2 rings (SSSR count). The minimum Gasteiger partial charge on any atom is -0.339 e. The highest BCUT2D eigenvalue weighted by Gasteiger charge is 2.21. The van der Waals surface area contributed by atoms with E-state index in [0.29, 0.717) is 17.4 Å². The maximum absolute atomic E-state index is 12.8. The molecule has 0 amide bonds. The fourth-order valence-electron chi connectivity index (χ4n) is 1.77. The Labute approximate surface area is 104 Å². The summed E-state index contributed by atoms with van der Waals surface area (Å²) < 4.78 is 17.9. The Balaban J connectivity index is 2.27. The molecule has 0 fully saturated rings. The maximum Gasteiger partial charge on any atom is 0.231 e. The maximum atomic E-state index is 12.8. The Hall–Kier alpha value is -1.82. The highest BCUT2D eigenvalue weighted by Crippen LogP contribution is 2.23. The SMILES string of the molecule is CCC(c1nc(-c2ccc(F)cn2)no1)C(C)N. The largest absolute Gasteiger partial charge is 0.339 e. The van der Waals surface area contributed by atoms with Crippen LogP contribution in [-0.4, -0.2) is 21.2 Å². The monoisotopic (exact) mass is 250 g/mol. The van der Waals surface area contributed by atoms with E-state index in [1.807, 2.05) is 13.8 Å². The number of aromatic nitrogens is 3. The fourth-order valence-corrected chi connectivity index (χ4v) is 1.77. The zero-order valence-corrected chi connectivity index (χ0v) is 10.3. The van der Waals surface area contributed by atoms with Crippen molar-refractivity contribution in [2.75, 3.05) is 0 Å². The van der Waals surface area contributed by atoms with Crippen molar-refractivity contribution in [1.82, 2.24) is 15.1 Å². The van der Waals surface area contributed by atoms with Crippen LogP contribution in [0.1, 0.15) is 32.1 Å². The Morgan fingerprint density at radius 2 is 2.22 bits per heavy atom. The third-order valence-corrected chi connectivity index (χ3v) is 2.79. The number of hydrogen-bond acceptors (Lipinski definition) is 5. The first-order valence-corrected chi connectivity index (χ1v) is 5.83. The molecule has 0 spiro atoms. The molecule has 0 aliphatic rings. The highest BCUT2D eigenvalue weighted by molar-refractivity contribution is 5.47. The van der Waals surface area contributed by atoms with Crippen molar-refractivity contribution in [3.63, 3.8) is 0 Å². The molecule has 2 atom stereocenters. The summed E-state index contributed by atoms with van der Waals surface area (Å²) in [5.74, 6) is 0.467. The molecule has 5 nitrogen and oxygen atoms in total. The van der Waals surface area contributed by atoms with Crippen molar-refractivity contribution in [2.45, 2.75) is 32.2 Å². The number of halogens is 1. The van der Waals surface area contributed by atoms with Crippen molar-refractivity contribution in [2.24, 2.45) is 5.73 Å². The van der Waals surface area contributed by atoms with Gasteiger partial charge in [-0.15, -0.1) is 0 Å². The second-order valence-corrected chi connectivity index (χ2v) is 4.19. The number of pyridine rings is 1. The summed E-state index contributed by atoms with van der Waals surface area (Å²) in [5.41, 5.74) is 6.33. The van der Waals surface area contributed by atoms with Crippen LogP contribution in [0.25, 0.3) is 11.5 Å². The quantitative estimate of drug-likeness (QED) is 0.899. The van der Waals surface area contributed by atoms with Gasteiger partial charge in [0.25, 0.3) is 0 Å². The Bertz CT molecular complexity index is 509. The molecular weight excluding hydrogens is 235 g/mol. The first-order valence-electron chi connectivity index (χ1n) is 5.83. The predicted octanol–water partition coefficient (Wildman–Crippen LogP) is 2.11. The number of nitrogens with zero attached hydrogens (tertiary/aromatic N) is 3. The van der Waals surface area contributed by atoms with E-state index in [2.05, 4.69) is 15.1 Å². The second kappa shape index (κ2) is 5.22. The lowest BCUT2D eigenvalue weighted by atomic mass is 9.99. The summed E-state index contributed by atoms with van der Waals surface area (Å²) >= 11 is 0. The normalized spacial score (nSPS) is 14.4. The molecule has 2 heterocycles. The number of nitrogens with two attached hydrogens (primary N) is 1. The summed E-state index contributed by atoms with van der Waals surface area (Å²) in [6.45, 7) is 3.90. The molecule has 0 aliphatic heterocycles. The Morgan fingerprint density at radius 1 is 1.44 bits per heavy atom. The molecule has 2 aromatic heterocycles. The molecule has 2 unspecified atom stereocenters. The van der Waals surface area contributed by atoms with Gasteiger partial charge in [-0.1, -0.05) is 12.1 Å². The molecule has 0 aromatic carbocycles. The minimum absolute atomic E-state index is 0.0201. The van der Waals surface area contributed by atoms with Gasteiger partial charge in [-0.25, -0.2) is 9.37 Å². The molecule has 18 heavy (non-hydrogen) atoms. The molecule has 0 saturated carbocycles. The van der Waals surface area contributed by atoms with Gasteiger partial charge in [-0.2, -0.15) is 4.98 Å². The summed E-state index contributed by atoms with van der Waals surface area (Å²) in [4.78, 5) is 8.16. The van der Waals surface area contributed by atoms with Crippen LogP contribution in [0.3, 0.4) is 0 Å². The average Bonchev–Trinajstić information content (AvgIpc) is 2.80. The summed E-state index contributed by atoms with van der Waals surface area (Å²) in [6, 6.07) is 2.75. The van der Waals surface area contributed by atoms with Crippen molar-refractivity contribution in [3.05, 3.63) is 30.0 Å². The van der Waals surface area contributed by atoms with Gasteiger partial charge >= 0.3 is 0 Å². The summed E-state index contributed by atoms with van der Waals surface area (Å²) in [5, 5.41) is 3.84. The summed E-state index contributed by atoms with van der Waals surface area (Å²) in [6.07, 6.45) is 1.93. The first-order chi connectivity index (χ1) is 8.61. The lowest BCUT2D eigenvalue weighted by Gasteiger charge is -2.13. The molecule has 0 bridgehead atoms. The van der Waals surface area contributed by atoms with E-state index in [-0.39, 0.29) is 12.0 Å². The third-order valence-electron chi connectivity index (χ3n) is 2.79. The zero-order valence-electron chi connectivity index (χ0n) is 10.3. The van der Waals surface area contributed by atoms with Crippen molar-refractivity contribution < 1.29 is 8.91 Å². The van der Waals surface area contributed by atoms with Gasteiger partial charge in [0.05, 0.1) is 12.1 Å². The van der Waals surface area contributed by atoms with Crippen molar-refractivity contribution in [3.8, 4) is 11.5 Å². The van der Waals surface area contributed by atoms with E-state index in [1.165, 1.54) is 12.1 Å². The van der Waals surface area contributed by atoms with Crippen LogP contribution in [0.5, 0.6) is 0 Å². The molecular formula is C12H15FN4O. The molecule has 0 radical (unpaired) electrons. The van der Waals surface area contributed by atoms with Crippen LogP contribution in [0.4, 0.5) is 4.39 Å². The zero-order chi connectivity index (χ0) is 13.1. The van der Waals surface area contributed by atoms with Gasteiger partial charge < -0.3 is 10.3 Å². The van der Waals surface area contributed by atoms with Crippen LogP contribution in [0, 0.1) is 5.82 Å². The Morgan fingerprint density at radius 3 is 2.78 bits per heavy atom. The minimum atomic E-state index is -0.399. The predicted molar refractivity (Wildman–Crippen MR) is 64.2 cm³/mol. The van der Waals surface area contributed by atoms with Gasteiger partial charge in [0.15, 0.2) is 0 Å². The lowest BCUT2D eigenvalue weighted by Crippen LogP contribution is -2.24. The summed E-state index contributed by atoms with van der Waals surface area (Å²) in [7, 11) is 0. The standard InChI is InChI=1S/C12H15FN4O/c1-3-9(7(2)14)12-16-11(17-18-12)10-5-4-8(13)6-15-10/h4-7,9H,3,14H2,1-2H3. The van der Waals surface area contributed by atoms with E-state index < -0.39 is 5.82 Å². The van der Waals surface area contributed by atoms with E-state index in [0.717, 1.165) is 12.6 Å². The molecule has 6 heteroatoms. The lowest BCUT2D eigenvalue weighted by molar-refractivity contribution is 0.334. The highest BCUT2D eigenvalue weighted by atomic mass is 19.1. The fraction of sp³-hybridized carbons (Fsp3) is 0.417. The van der Waals surface area contributed by atoms with Crippen LogP contribution >= 0.6 is 0 Å². The van der Waals surface area contributed by atoms with E-state index in [1.54, 1.807) is 0 Å². The van der Waals surface area contributed by atoms with Crippen LogP contribution in [0.15, 0.2) is 22.9 Å². The second-order valence-electron chi connectivity index (χ2n) is 4.19. The average molecular weight is 250 g/mol. The van der Waals surface area contributed by atoms with Crippen molar-refractivity contribution >= 4 is 0 Å². The Kier molecular flexibility index (Phi) is 3.66. The van der Waals surface area contributed by atoms with E-state index in [4.69, 9.17) is 10.3 Å². The molecule has 96 valence electrons. The van der Waals surface area contributed by atoms with Crippen LogP contribution < -0.4 is 5.73 Å². The number of rotatable bonds is 4. The van der Waals surface area contributed by atoms with Crippen LogP contribution in [0.2, 0.25) is 0 Å². The van der Waals surface area contributed by atoms with Gasteiger partial charge in [-0.05, 0) is 25.5 Å². The van der Waals surface area contributed by atoms with Gasteiger partial charge in [0, 0.05) is 6.04 Å². The molecule has 2 aromatic rings. The molecule has 0 saturated heterocycles. The van der Waals surface area contributed by atoms with Gasteiger partial charge in [-0.3, -0.25) is 0 Å². The first kappa shape index (κ1) is 12.6. The topological polar surface area (TPSA) is 77.8 Å². The van der Waals surface area contributed by atoms with E-state index >= 15 is 0 Å². The number of hydrogen-bond donors (Lipinski definition) is 1.